The van der Waals surface area contributed by atoms with Crippen LogP contribution in [0.1, 0.15) is 26.2 Å². The summed E-state index contributed by atoms with van der Waals surface area (Å²) in [6.45, 7) is 2.58. The highest BCUT2D eigenvalue weighted by Gasteiger charge is 2.21. The van der Waals surface area contributed by atoms with Crippen LogP contribution in [0.25, 0.3) is 0 Å². The number of rotatable bonds is 4. The van der Waals surface area contributed by atoms with E-state index in [1.54, 1.807) is 0 Å². The van der Waals surface area contributed by atoms with Gasteiger partial charge in [0.25, 0.3) is 0 Å². The second-order valence-corrected chi connectivity index (χ2v) is 4.20. The molecule has 1 fully saturated rings. The maximum atomic E-state index is 5.70. The minimum Gasteiger partial charge on any atom is -0.487 e. The number of aromatic nitrogens is 1. The van der Waals surface area contributed by atoms with Crippen molar-refractivity contribution >= 4 is 22.4 Å². The number of nitrogens with zero attached hydrogens (tertiary/aromatic N) is 1. The predicted molar refractivity (Wildman–Crippen MR) is 59.0 cm³/mol. The van der Waals surface area contributed by atoms with Crippen LogP contribution >= 0.6 is 11.5 Å². The molecule has 0 atom stereocenters. The quantitative estimate of drug-likeness (QED) is 0.804. The largest absolute Gasteiger partial charge is 0.487 e. The van der Waals surface area contributed by atoms with Crippen LogP contribution in [0.5, 0.6) is 5.75 Å². The summed E-state index contributed by atoms with van der Waals surface area (Å²) in [6.07, 6.45) is 3.79. The highest BCUT2D eigenvalue weighted by atomic mass is 32.1. The SMILES string of the molecule is CCOc1c(N)nsc1NC1CCC1. The minimum absolute atomic E-state index is 0.499. The zero-order valence-corrected chi connectivity index (χ0v) is 9.06. The van der Waals surface area contributed by atoms with Gasteiger partial charge in [0.15, 0.2) is 16.6 Å². The van der Waals surface area contributed by atoms with Crippen molar-refractivity contribution in [1.82, 2.24) is 4.37 Å². The van der Waals surface area contributed by atoms with Gasteiger partial charge in [0.2, 0.25) is 0 Å². The lowest BCUT2D eigenvalue weighted by Gasteiger charge is -2.26. The molecule has 5 heteroatoms. The fourth-order valence-electron chi connectivity index (χ4n) is 1.41. The van der Waals surface area contributed by atoms with Crippen LogP contribution in [0.15, 0.2) is 0 Å². The molecule has 0 aromatic carbocycles. The molecule has 1 saturated carbocycles. The smallest absolute Gasteiger partial charge is 0.197 e. The summed E-state index contributed by atoms with van der Waals surface area (Å²) in [4.78, 5) is 0. The lowest BCUT2D eigenvalue weighted by molar-refractivity contribution is 0.343. The molecule has 78 valence electrons. The predicted octanol–water partition coefficient (Wildman–Crippen LogP) is 2.09. The maximum absolute atomic E-state index is 5.70. The van der Waals surface area contributed by atoms with Gasteiger partial charge in [-0.15, -0.1) is 0 Å². The third-order valence-corrected chi connectivity index (χ3v) is 3.18. The van der Waals surface area contributed by atoms with Gasteiger partial charge in [0.1, 0.15) is 0 Å². The van der Waals surface area contributed by atoms with E-state index in [2.05, 4.69) is 9.69 Å². The van der Waals surface area contributed by atoms with Crippen LogP contribution in [0.4, 0.5) is 10.8 Å². The number of nitrogen functional groups attached to an aromatic ring is 1. The molecule has 0 amide bonds. The lowest BCUT2D eigenvalue weighted by atomic mass is 9.93. The number of nitrogens with one attached hydrogen (secondary N) is 1. The van der Waals surface area contributed by atoms with Gasteiger partial charge >= 0.3 is 0 Å². The van der Waals surface area contributed by atoms with Crippen LogP contribution in [-0.2, 0) is 0 Å². The molecule has 4 nitrogen and oxygen atoms in total. The number of hydrogen-bond donors (Lipinski definition) is 2. The van der Waals surface area contributed by atoms with Crippen molar-refractivity contribution in [2.24, 2.45) is 0 Å². The first-order valence-corrected chi connectivity index (χ1v) is 5.73. The standard InChI is InChI=1S/C9H15N3OS/c1-2-13-7-8(10)12-14-9(7)11-6-4-3-5-6/h6,11H,2-5H2,1H3,(H2,10,12). The van der Waals surface area contributed by atoms with Gasteiger partial charge in [0, 0.05) is 6.04 Å². The normalized spacial score (nSPS) is 16.4. The number of hydrogen-bond acceptors (Lipinski definition) is 5. The fourth-order valence-corrected chi connectivity index (χ4v) is 2.15. The van der Waals surface area contributed by atoms with Crippen molar-refractivity contribution in [3.8, 4) is 5.75 Å². The second-order valence-electron chi connectivity index (χ2n) is 3.43. The van der Waals surface area contributed by atoms with Gasteiger partial charge in [-0.05, 0) is 37.7 Å². The molecular weight excluding hydrogens is 198 g/mol. The number of anilines is 2. The summed E-state index contributed by atoms with van der Waals surface area (Å²) in [6, 6.07) is 0.592. The maximum Gasteiger partial charge on any atom is 0.197 e. The first-order valence-electron chi connectivity index (χ1n) is 4.95. The molecule has 1 aliphatic rings. The summed E-state index contributed by atoms with van der Waals surface area (Å²) in [5, 5.41) is 4.38. The molecule has 0 aliphatic heterocycles. The highest BCUT2D eigenvalue weighted by molar-refractivity contribution is 7.11. The Morgan fingerprint density at radius 2 is 2.43 bits per heavy atom. The van der Waals surface area contributed by atoms with Crippen LogP contribution < -0.4 is 15.8 Å². The van der Waals surface area contributed by atoms with Crippen molar-refractivity contribution in [2.75, 3.05) is 17.7 Å². The molecule has 1 aromatic rings. The second kappa shape index (κ2) is 4.04. The Hall–Kier alpha value is -0.970. The van der Waals surface area contributed by atoms with E-state index in [9.17, 15) is 0 Å². The van der Waals surface area contributed by atoms with Crippen LogP contribution in [0.3, 0.4) is 0 Å². The zero-order valence-electron chi connectivity index (χ0n) is 8.25. The summed E-state index contributed by atoms with van der Waals surface area (Å²) < 4.78 is 9.52. The van der Waals surface area contributed by atoms with Gasteiger partial charge in [0.05, 0.1) is 6.61 Å². The Kier molecular flexibility index (Phi) is 2.77. The van der Waals surface area contributed by atoms with Gasteiger partial charge in [-0.1, -0.05) is 0 Å². The molecule has 3 N–H and O–H groups in total. The molecule has 0 unspecified atom stereocenters. The Balaban J connectivity index is 2.06. The van der Waals surface area contributed by atoms with E-state index in [-0.39, 0.29) is 0 Å². The highest BCUT2D eigenvalue weighted by Crippen LogP contribution is 2.37. The van der Waals surface area contributed by atoms with Crippen LogP contribution in [0, 0.1) is 0 Å². The Morgan fingerprint density at radius 1 is 1.64 bits per heavy atom. The van der Waals surface area contributed by atoms with E-state index in [0.29, 0.717) is 18.5 Å². The monoisotopic (exact) mass is 213 g/mol. The minimum atomic E-state index is 0.499. The van der Waals surface area contributed by atoms with Crippen molar-refractivity contribution in [2.45, 2.75) is 32.2 Å². The molecule has 14 heavy (non-hydrogen) atoms. The van der Waals surface area contributed by atoms with Crippen LogP contribution in [-0.4, -0.2) is 17.0 Å². The third kappa shape index (κ3) is 1.77. The summed E-state index contributed by atoms with van der Waals surface area (Å²) in [7, 11) is 0. The Bertz CT molecular complexity index is 309. The number of ether oxygens (including phenoxy) is 1. The molecule has 1 aromatic heterocycles. The fraction of sp³-hybridized carbons (Fsp3) is 0.667. The lowest BCUT2D eigenvalue weighted by Crippen LogP contribution is -2.26. The average Bonchev–Trinajstić information content (AvgIpc) is 2.43. The molecule has 0 radical (unpaired) electrons. The summed E-state index contributed by atoms with van der Waals surface area (Å²) in [5.41, 5.74) is 5.70. The van der Waals surface area contributed by atoms with Crippen molar-refractivity contribution < 1.29 is 4.74 Å². The van der Waals surface area contributed by atoms with Crippen molar-refractivity contribution in [3.05, 3.63) is 0 Å². The van der Waals surface area contributed by atoms with Crippen molar-refractivity contribution in [1.29, 1.82) is 0 Å². The Morgan fingerprint density at radius 3 is 3.00 bits per heavy atom. The average molecular weight is 213 g/mol. The number of nitrogens with two attached hydrogens (primary N) is 1. The molecule has 1 heterocycles. The van der Waals surface area contributed by atoms with Gasteiger partial charge in [-0.2, -0.15) is 4.37 Å². The van der Waals surface area contributed by atoms with Gasteiger partial charge < -0.3 is 15.8 Å². The van der Waals surface area contributed by atoms with Gasteiger partial charge in [-0.25, -0.2) is 0 Å². The first kappa shape index (κ1) is 9.58. The van der Waals surface area contributed by atoms with E-state index >= 15 is 0 Å². The Labute approximate surface area is 87.6 Å². The zero-order chi connectivity index (χ0) is 9.97. The molecule has 0 saturated heterocycles. The van der Waals surface area contributed by atoms with E-state index in [4.69, 9.17) is 10.5 Å². The van der Waals surface area contributed by atoms with Crippen LogP contribution in [0.2, 0.25) is 0 Å². The van der Waals surface area contributed by atoms with E-state index in [0.717, 1.165) is 10.8 Å². The molecule has 2 rings (SSSR count). The first-order chi connectivity index (χ1) is 6.81. The van der Waals surface area contributed by atoms with E-state index < -0.39 is 0 Å². The summed E-state index contributed by atoms with van der Waals surface area (Å²) in [5.74, 6) is 1.23. The summed E-state index contributed by atoms with van der Waals surface area (Å²) >= 11 is 1.38. The van der Waals surface area contributed by atoms with E-state index in [1.807, 2.05) is 6.92 Å². The van der Waals surface area contributed by atoms with E-state index in [1.165, 1.54) is 30.8 Å². The molecule has 1 aliphatic carbocycles. The topological polar surface area (TPSA) is 60.2 Å². The third-order valence-electron chi connectivity index (χ3n) is 2.40. The van der Waals surface area contributed by atoms with Gasteiger partial charge in [-0.3, -0.25) is 0 Å². The molecule has 0 bridgehead atoms. The van der Waals surface area contributed by atoms with Crippen molar-refractivity contribution in [3.63, 3.8) is 0 Å². The molecular formula is C9H15N3OS. The molecule has 0 spiro atoms.